The van der Waals surface area contributed by atoms with E-state index in [9.17, 15) is 9.18 Å². The monoisotopic (exact) mass is 348 g/mol. The summed E-state index contributed by atoms with van der Waals surface area (Å²) in [5.74, 6) is -0.000704. The van der Waals surface area contributed by atoms with Crippen LogP contribution in [0.25, 0.3) is 10.9 Å². The third kappa shape index (κ3) is 2.40. The van der Waals surface area contributed by atoms with E-state index < -0.39 is 18.2 Å². The first kappa shape index (κ1) is 16.3. The van der Waals surface area contributed by atoms with Crippen LogP contribution in [0.15, 0.2) is 18.3 Å². The fraction of sp³-hybridized carbons (Fsp3) is 0.556. The van der Waals surface area contributed by atoms with Gasteiger partial charge in [-0.25, -0.2) is 9.18 Å². The van der Waals surface area contributed by atoms with Crippen molar-refractivity contribution >= 4 is 16.9 Å². The highest BCUT2D eigenvalue weighted by Crippen LogP contribution is 2.56. The zero-order chi connectivity index (χ0) is 17.8. The van der Waals surface area contributed by atoms with Gasteiger partial charge >= 0.3 is 5.97 Å². The second-order valence-electron chi connectivity index (χ2n) is 7.32. The normalized spacial score (nSPS) is 27.6. The molecule has 0 atom stereocenters. The molecule has 1 aromatic carbocycles. The first-order valence-corrected chi connectivity index (χ1v) is 8.39. The van der Waals surface area contributed by atoms with E-state index in [4.69, 9.17) is 14.2 Å². The summed E-state index contributed by atoms with van der Waals surface area (Å²) in [7, 11) is 1.34. The predicted molar refractivity (Wildman–Crippen MR) is 88.7 cm³/mol. The van der Waals surface area contributed by atoms with Crippen molar-refractivity contribution in [1.82, 2.24) is 9.78 Å². The zero-order valence-corrected chi connectivity index (χ0v) is 14.5. The molecule has 0 N–H and O–H groups in total. The van der Waals surface area contributed by atoms with Crippen molar-refractivity contribution in [3.8, 4) is 5.75 Å². The number of carbonyl (C=O) groups is 1. The molecular weight excluding hydrogens is 327 g/mol. The number of ether oxygens (including phenoxy) is 3. The fourth-order valence-electron chi connectivity index (χ4n) is 3.92. The van der Waals surface area contributed by atoms with Crippen LogP contribution >= 0.6 is 0 Å². The molecular formula is C18H21FN2O4. The van der Waals surface area contributed by atoms with Gasteiger partial charge in [-0.15, -0.1) is 0 Å². The van der Waals surface area contributed by atoms with Gasteiger partial charge in [-0.1, -0.05) is 0 Å². The van der Waals surface area contributed by atoms with Gasteiger partial charge in [-0.2, -0.15) is 5.10 Å². The highest BCUT2D eigenvalue weighted by molar-refractivity contribution is 5.97. The maximum Gasteiger partial charge on any atom is 0.341 e. The molecule has 3 fully saturated rings. The van der Waals surface area contributed by atoms with Crippen molar-refractivity contribution in [2.24, 2.45) is 0 Å². The molecule has 2 saturated heterocycles. The molecule has 1 aliphatic carbocycles. The largest absolute Gasteiger partial charge is 0.490 e. The molecule has 3 aliphatic rings. The quantitative estimate of drug-likeness (QED) is 0.778. The van der Waals surface area contributed by atoms with Crippen LogP contribution in [0.4, 0.5) is 4.39 Å². The Labute approximate surface area is 144 Å². The first-order chi connectivity index (χ1) is 11.9. The van der Waals surface area contributed by atoms with Crippen molar-refractivity contribution in [1.29, 1.82) is 0 Å². The molecule has 2 bridgehead atoms. The van der Waals surface area contributed by atoms with Gasteiger partial charge in [0, 0.05) is 30.5 Å². The summed E-state index contributed by atoms with van der Waals surface area (Å²) in [4.78, 5) is 12.1. The molecule has 1 saturated carbocycles. The summed E-state index contributed by atoms with van der Waals surface area (Å²) >= 11 is 0. The number of hydrogen-bond acceptors (Lipinski definition) is 5. The molecule has 1 aromatic heterocycles. The van der Waals surface area contributed by atoms with Crippen LogP contribution in [-0.4, -0.2) is 47.8 Å². The second-order valence-corrected chi connectivity index (χ2v) is 7.32. The van der Waals surface area contributed by atoms with E-state index >= 15 is 0 Å². The number of carbonyl (C=O) groups excluding carboxylic acids is 1. The third-order valence-electron chi connectivity index (χ3n) is 5.05. The Bertz CT molecular complexity index is 839. The summed E-state index contributed by atoms with van der Waals surface area (Å²) in [6, 6.07) is 3.49. The van der Waals surface area contributed by atoms with Crippen LogP contribution in [0, 0.1) is 0 Å². The van der Waals surface area contributed by atoms with Crippen LogP contribution in [0.1, 0.15) is 37.0 Å². The maximum atomic E-state index is 13.1. The Balaban J connectivity index is 1.75. The first-order valence-electron chi connectivity index (χ1n) is 8.39. The molecule has 2 aromatic rings. The smallest absolute Gasteiger partial charge is 0.341 e. The standard InChI is InChI=1S/C18H21FN2O4/c1-11(2)25-15-5-14-12(4-13(15)16(22)23-3)6-21(20-14)17-7-18(8-17,9-19)24-10-17/h4-6,11H,7-10H2,1-3H3. The number of rotatable bonds is 5. The fourth-order valence-corrected chi connectivity index (χ4v) is 3.92. The summed E-state index contributed by atoms with van der Waals surface area (Å²) in [5, 5.41) is 5.46. The molecule has 6 nitrogen and oxygen atoms in total. The van der Waals surface area contributed by atoms with Crippen molar-refractivity contribution in [2.45, 2.75) is 43.9 Å². The highest BCUT2D eigenvalue weighted by atomic mass is 19.1. The van der Waals surface area contributed by atoms with Gasteiger partial charge in [-0.3, -0.25) is 4.68 Å². The Morgan fingerprint density at radius 1 is 1.44 bits per heavy atom. The molecule has 2 aliphatic heterocycles. The molecule has 0 unspecified atom stereocenters. The predicted octanol–water partition coefficient (Wildman–Crippen LogP) is 2.84. The lowest BCUT2D eigenvalue weighted by Crippen LogP contribution is -2.52. The SMILES string of the molecule is COC(=O)c1cc2cn(C34COC(CF)(C3)C4)nc2cc1OC(C)C. The molecule has 0 spiro atoms. The summed E-state index contributed by atoms with van der Waals surface area (Å²) in [5.41, 5.74) is 0.189. The zero-order valence-electron chi connectivity index (χ0n) is 14.5. The van der Waals surface area contributed by atoms with Gasteiger partial charge < -0.3 is 14.2 Å². The van der Waals surface area contributed by atoms with Crippen molar-refractivity contribution < 1.29 is 23.4 Å². The topological polar surface area (TPSA) is 62.6 Å². The van der Waals surface area contributed by atoms with Crippen LogP contribution in [0.2, 0.25) is 0 Å². The third-order valence-corrected chi connectivity index (χ3v) is 5.05. The van der Waals surface area contributed by atoms with E-state index in [1.54, 1.807) is 12.1 Å². The van der Waals surface area contributed by atoms with Crippen molar-refractivity contribution in [2.75, 3.05) is 20.4 Å². The maximum absolute atomic E-state index is 13.1. The number of benzene rings is 1. The molecule has 0 radical (unpaired) electrons. The van der Waals surface area contributed by atoms with Gasteiger partial charge in [0.15, 0.2) is 0 Å². The van der Waals surface area contributed by atoms with Crippen LogP contribution in [-0.2, 0) is 15.0 Å². The van der Waals surface area contributed by atoms with E-state index in [1.165, 1.54) is 7.11 Å². The molecule has 0 amide bonds. The van der Waals surface area contributed by atoms with Gasteiger partial charge in [0.1, 0.15) is 23.6 Å². The molecule has 5 rings (SSSR count). The van der Waals surface area contributed by atoms with E-state index in [1.807, 2.05) is 24.7 Å². The van der Waals surface area contributed by atoms with Gasteiger partial charge in [0.05, 0.1) is 30.9 Å². The summed E-state index contributed by atoms with van der Waals surface area (Å²) < 4.78 is 31.3. The number of hydrogen-bond donors (Lipinski definition) is 0. The van der Waals surface area contributed by atoms with Crippen molar-refractivity contribution in [3.05, 3.63) is 23.9 Å². The highest BCUT2D eigenvalue weighted by Gasteiger charge is 2.64. The summed E-state index contributed by atoms with van der Waals surface area (Å²) in [6.45, 7) is 3.78. The minimum atomic E-state index is -0.624. The average molecular weight is 348 g/mol. The number of fused-ring (bicyclic) bond motifs is 2. The second kappa shape index (κ2) is 5.42. The van der Waals surface area contributed by atoms with Crippen LogP contribution in [0.3, 0.4) is 0 Å². The van der Waals surface area contributed by atoms with Gasteiger partial charge in [0.25, 0.3) is 0 Å². The van der Waals surface area contributed by atoms with Gasteiger partial charge in [-0.05, 0) is 19.9 Å². The van der Waals surface area contributed by atoms with Crippen molar-refractivity contribution in [3.63, 3.8) is 0 Å². The molecule has 25 heavy (non-hydrogen) atoms. The molecule has 7 heteroatoms. The number of aromatic nitrogens is 2. The van der Waals surface area contributed by atoms with E-state index in [-0.39, 0.29) is 11.6 Å². The Morgan fingerprint density at radius 2 is 2.20 bits per heavy atom. The lowest BCUT2D eigenvalue weighted by molar-refractivity contribution is -0.0336. The number of methoxy groups -OCH3 is 1. The van der Waals surface area contributed by atoms with E-state index in [0.717, 1.165) is 10.9 Å². The summed E-state index contributed by atoms with van der Waals surface area (Å²) in [6.07, 6.45) is 3.06. The number of alkyl halides is 1. The average Bonchev–Trinajstić information content (AvgIpc) is 3.23. The minimum absolute atomic E-state index is 0.0819. The van der Waals surface area contributed by atoms with E-state index in [2.05, 4.69) is 5.10 Å². The number of nitrogens with zero attached hydrogens (tertiary/aromatic N) is 2. The Hall–Kier alpha value is -2.15. The minimum Gasteiger partial charge on any atom is -0.490 e. The lowest BCUT2D eigenvalue weighted by atomic mass is 9.69. The van der Waals surface area contributed by atoms with E-state index in [0.29, 0.717) is 30.8 Å². The lowest BCUT2D eigenvalue weighted by Gasteiger charge is -2.42. The number of esters is 1. The molecule has 134 valence electrons. The Morgan fingerprint density at radius 3 is 2.80 bits per heavy atom. The van der Waals surface area contributed by atoms with Crippen LogP contribution in [0.5, 0.6) is 5.75 Å². The Kier molecular flexibility index (Phi) is 3.54. The van der Waals surface area contributed by atoms with Crippen LogP contribution < -0.4 is 4.74 Å². The molecule has 3 heterocycles. The number of halogens is 1. The van der Waals surface area contributed by atoms with Gasteiger partial charge in [0.2, 0.25) is 0 Å².